The van der Waals surface area contributed by atoms with Crippen LogP contribution in [0.2, 0.25) is 0 Å². The molecule has 1 aliphatic rings. The van der Waals surface area contributed by atoms with Crippen molar-refractivity contribution in [1.29, 1.82) is 0 Å². The second-order valence-electron chi connectivity index (χ2n) is 7.83. The molecule has 1 saturated carbocycles. The molecule has 2 aromatic carbocycles. The number of aliphatic hydroxyl groups is 1. The number of halogens is 3. The second kappa shape index (κ2) is 8.82. The number of carboxylic acids is 1. The van der Waals surface area contributed by atoms with Crippen molar-refractivity contribution in [3.63, 3.8) is 0 Å². The van der Waals surface area contributed by atoms with Gasteiger partial charge in [-0.1, -0.05) is 12.1 Å². The van der Waals surface area contributed by atoms with E-state index >= 15 is 0 Å². The highest BCUT2D eigenvalue weighted by Crippen LogP contribution is 2.40. The zero-order valence-corrected chi connectivity index (χ0v) is 17.7. The number of hydrogen-bond donors (Lipinski definition) is 2. The summed E-state index contributed by atoms with van der Waals surface area (Å²) >= 11 is 0. The van der Waals surface area contributed by atoms with Crippen molar-refractivity contribution in [2.45, 2.75) is 44.5 Å². The lowest BCUT2D eigenvalue weighted by Crippen LogP contribution is -2.40. The number of amides is 1. The Labute approximate surface area is 183 Å². The lowest BCUT2D eigenvalue weighted by atomic mass is 9.94. The van der Waals surface area contributed by atoms with E-state index in [4.69, 9.17) is 9.84 Å². The molecule has 1 aliphatic carbocycles. The molecule has 3 rings (SSSR count). The van der Waals surface area contributed by atoms with Crippen molar-refractivity contribution >= 4 is 11.9 Å². The summed E-state index contributed by atoms with van der Waals surface area (Å²) in [4.78, 5) is 25.1. The van der Waals surface area contributed by atoms with Crippen molar-refractivity contribution < 1.29 is 37.7 Å². The van der Waals surface area contributed by atoms with Crippen LogP contribution in [0.15, 0.2) is 36.4 Å². The van der Waals surface area contributed by atoms with Crippen LogP contribution < -0.4 is 4.74 Å². The first kappa shape index (κ1) is 23.6. The molecule has 32 heavy (non-hydrogen) atoms. The van der Waals surface area contributed by atoms with E-state index in [-0.39, 0.29) is 25.1 Å². The fourth-order valence-corrected chi connectivity index (χ4v) is 3.57. The molecule has 172 valence electrons. The average Bonchev–Trinajstić information content (AvgIpc) is 3.48. The fourth-order valence-electron chi connectivity index (χ4n) is 3.57. The molecule has 2 N–H and O–H groups in total. The highest BCUT2D eigenvalue weighted by atomic mass is 19.4. The van der Waals surface area contributed by atoms with E-state index in [0.29, 0.717) is 35.3 Å². The molecule has 0 atom stereocenters. The van der Waals surface area contributed by atoms with Crippen LogP contribution >= 0.6 is 0 Å². The molecular weight excluding hydrogens is 427 g/mol. The van der Waals surface area contributed by atoms with Gasteiger partial charge >= 0.3 is 12.1 Å². The van der Waals surface area contributed by atoms with Gasteiger partial charge in [0.2, 0.25) is 0 Å². The van der Waals surface area contributed by atoms with Gasteiger partial charge in [-0.25, -0.2) is 0 Å². The number of aliphatic carboxylic acids is 1. The van der Waals surface area contributed by atoms with E-state index in [1.807, 2.05) is 0 Å². The monoisotopic (exact) mass is 451 g/mol. The molecule has 0 saturated heterocycles. The van der Waals surface area contributed by atoms with E-state index in [9.17, 15) is 27.9 Å². The summed E-state index contributed by atoms with van der Waals surface area (Å²) in [5.74, 6) is -1.21. The number of methoxy groups -OCH3 is 1. The molecule has 0 aromatic heterocycles. The largest absolute Gasteiger partial charge is 0.496 e. The molecule has 2 aromatic rings. The van der Waals surface area contributed by atoms with Crippen LogP contribution in [-0.2, 0) is 28.7 Å². The highest BCUT2D eigenvalue weighted by Gasteiger charge is 2.50. The van der Waals surface area contributed by atoms with Crippen LogP contribution in [0.1, 0.15) is 36.5 Å². The summed E-state index contributed by atoms with van der Waals surface area (Å²) in [5, 5.41) is 19.3. The van der Waals surface area contributed by atoms with Crippen molar-refractivity contribution in [3.05, 3.63) is 53.1 Å². The Hall–Kier alpha value is -3.07. The summed E-state index contributed by atoms with van der Waals surface area (Å²) in [5.41, 5.74) is -0.845. The first-order valence-electron chi connectivity index (χ1n) is 10.1. The SMILES string of the molecule is CCN(Cc1cc(C(F)(F)F)ccc1-c1cc(CC(=O)O)ccc1OC)C(=O)C1(O)CC1. The van der Waals surface area contributed by atoms with E-state index in [1.54, 1.807) is 25.1 Å². The van der Waals surface area contributed by atoms with E-state index < -0.39 is 29.2 Å². The standard InChI is InChI=1S/C23H24F3NO5/c1-3-27(21(30)22(31)8-9-22)13-15-12-16(23(24,25)26)5-6-17(15)18-10-14(11-20(28)29)4-7-19(18)32-2/h4-7,10,12,31H,3,8-9,11,13H2,1-2H3,(H,28,29). The number of carbonyl (C=O) groups excluding carboxylic acids is 1. The number of rotatable bonds is 8. The minimum Gasteiger partial charge on any atom is -0.496 e. The van der Waals surface area contributed by atoms with Gasteiger partial charge in [-0.15, -0.1) is 0 Å². The smallest absolute Gasteiger partial charge is 0.416 e. The summed E-state index contributed by atoms with van der Waals surface area (Å²) in [7, 11) is 1.41. The lowest BCUT2D eigenvalue weighted by molar-refractivity contribution is -0.143. The van der Waals surface area contributed by atoms with Gasteiger partial charge in [0.05, 0.1) is 19.1 Å². The molecule has 0 bridgehead atoms. The third-order valence-corrected chi connectivity index (χ3v) is 5.49. The van der Waals surface area contributed by atoms with Crippen molar-refractivity contribution in [1.82, 2.24) is 4.90 Å². The molecule has 1 fully saturated rings. The first-order chi connectivity index (χ1) is 15.0. The number of carbonyl (C=O) groups is 2. The predicted octanol–water partition coefficient (Wildman–Crippen LogP) is 3.88. The molecule has 9 heteroatoms. The number of alkyl halides is 3. The van der Waals surface area contributed by atoms with Crippen LogP contribution in [0.3, 0.4) is 0 Å². The number of nitrogens with zero attached hydrogens (tertiary/aromatic N) is 1. The molecule has 0 unspecified atom stereocenters. The zero-order valence-electron chi connectivity index (χ0n) is 17.7. The normalized spacial score (nSPS) is 14.7. The van der Waals surface area contributed by atoms with E-state index in [0.717, 1.165) is 12.1 Å². The number of hydrogen-bond acceptors (Lipinski definition) is 4. The van der Waals surface area contributed by atoms with E-state index in [2.05, 4.69) is 0 Å². The van der Waals surface area contributed by atoms with Gasteiger partial charge in [0.15, 0.2) is 0 Å². The van der Waals surface area contributed by atoms with Crippen LogP contribution in [0.25, 0.3) is 11.1 Å². The molecule has 0 spiro atoms. The van der Waals surface area contributed by atoms with Gasteiger partial charge in [0, 0.05) is 18.7 Å². The van der Waals surface area contributed by atoms with Gasteiger partial charge in [-0.05, 0) is 60.7 Å². The molecule has 1 amide bonds. The number of benzene rings is 2. The predicted molar refractivity (Wildman–Crippen MR) is 110 cm³/mol. The molecule has 0 radical (unpaired) electrons. The Morgan fingerprint density at radius 2 is 1.81 bits per heavy atom. The van der Waals surface area contributed by atoms with Crippen LogP contribution in [0.5, 0.6) is 5.75 Å². The quantitative estimate of drug-likeness (QED) is 0.636. The number of carboxylic acid groups (broad SMARTS) is 1. The summed E-state index contributed by atoms with van der Waals surface area (Å²) in [6, 6.07) is 7.91. The third-order valence-electron chi connectivity index (χ3n) is 5.49. The second-order valence-corrected chi connectivity index (χ2v) is 7.83. The van der Waals surface area contributed by atoms with Crippen molar-refractivity contribution in [2.24, 2.45) is 0 Å². The zero-order chi connectivity index (χ0) is 23.7. The molecule has 0 heterocycles. The highest BCUT2D eigenvalue weighted by molar-refractivity contribution is 5.88. The van der Waals surface area contributed by atoms with Crippen LogP contribution in [0.4, 0.5) is 13.2 Å². The van der Waals surface area contributed by atoms with Gasteiger partial charge in [-0.2, -0.15) is 13.2 Å². The topological polar surface area (TPSA) is 87.1 Å². The Balaban J connectivity index is 2.11. The maximum Gasteiger partial charge on any atom is 0.416 e. The summed E-state index contributed by atoms with van der Waals surface area (Å²) in [6.07, 6.45) is -4.20. The molecular formula is C23H24F3NO5. The van der Waals surface area contributed by atoms with Gasteiger partial charge < -0.3 is 19.8 Å². The summed E-state index contributed by atoms with van der Waals surface area (Å²) < 4.78 is 45.6. The summed E-state index contributed by atoms with van der Waals surface area (Å²) in [6.45, 7) is 1.74. The first-order valence-corrected chi connectivity index (χ1v) is 10.1. The number of likely N-dealkylation sites (N-methyl/N-ethyl adjacent to an activating group) is 1. The molecule has 6 nitrogen and oxygen atoms in total. The average molecular weight is 451 g/mol. The van der Waals surface area contributed by atoms with E-state index in [1.165, 1.54) is 18.1 Å². The Morgan fingerprint density at radius 1 is 1.12 bits per heavy atom. The third kappa shape index (κ3) is 5.04. The Morgan fingerprint density at radius 3 is 2.34 bits per heavy atom. The fraction of sp³-hybridized carbons (Fsp3) is 0.391. The van der Waals surface area contributed by atoms with Crippen LogP contribution in [0, 0.1) is 0 Å². The lowest BCUT2D eigenvalue weighted by Gasteiger charge is -2.26. The van der Waals surface area contributed by atoms with Gasteiger partial charge in [0.25, 0.3) is 5.91 Å². The van der Waals surface area contributed by atoms with Gasteiger partial charge in [-0.3, -0.25) is 9.59 Å². The van der Waals surface area contributed by atoms with Gasteiger partial charge in [0.1, 0.15) is 11.4 Å². The minimum atomic E-state index is -4.59. The number of ether oxygens (including phenoxy) is 1. The van der Waals surface area contributed by atoms with Crippen molar-refractivity contribution in [2.75, 3.05) is 13.7 Å². The maximum absolute atomic E-state index is 13.4. The minimum absolute atomic E-state index is 0.150. The Kier molecular flexibility index (Phi) is 6.50. The van der Waals surface area contributed by atoms with Crippen LogP contribution in [-0.4, -0.2) is 46.2 Å². The Bertz CT molecular complexity index is 1030. The maximum atomic E-state index is 13.4. The van der Waals surface area contributed by atoms with Crippen molar-refractivity contribution in [3.8, 4) is 16.9 Å². The molecule has 0 aliphatic heterocycles.